The van der Waals surface area contributed by atoms with E-state index in [1.165, 1.54) is 6.20 Å². The molecule has 2 N–H and O–H groups in total. The van der Waals surface area contributed by atoms with Crippen molar-refractivity contribution in [1.82, 2.24) is 14.1 Å². The second kappa shape index (κ2) is 6.17. The number of hydrogen-bond donors (Lipinski definition) is 2. The van der Waals surface area contributed by atoms with Crippen molar-refractivity contribution >= 4 is 11.7 Å². The molecule has 0 saturated heterocycles. The normalized spacial score (nSPS) is 18.4. The van der Waals surface area contributed by atoms with E-state index in [9.17, 15) is 5.11 Å². The number of hydrogen-bond acceptors (Lipinski definition) is 7. The first-order chi connectivity index (χ1) is 9.83. The van der Waals surface area contributed by atoms with Gasteiger partial charge >= 0.3 is 0 Å². The molecule has 0 fully saturated rings. The summed E-state index contributed by atoms with van der Waals surface area (Å²) in [5, 5.41) is 13.2. The molecular formula is C13H15N3O3S. The van der Waals surface area contributed by atoms with E-state index >= 15 is 0 Å². The van der Waals surface area contributed by atoms with E-state index in [0.717, 1.165) is 23.0 Å². The van der Waals surface area contributed by atoms with Gasteiger partial charge in [-0.05, 0) is 6.07 Å². The molecule has 2 heterocycles. The van der Waals surface area contributed by atoms with Crippen LogP contribution in [0.3, 0.4) is 0 Å². The van der Waals surface area contributed by atoms with Crippen LogP contribution in [-0.2, 0) is 0 Å². The number of fused-ring (bicyclic) bond motifs is 1. The molecule has 0 spiro atoms. The number of aromatic nitrogens is 2. The Morgan fingerprint density at radius 2 is 2.40 bits per heavy atom. The molecule has 0 radical (unpaired) electrons. The fourth-order valence-corrected chi connectivity index (χ4v) is 2.43. The lowest BCUT2D eigenvalue weighted by Gasteiger charge is -2.15. The van der Waals surface area contributed by atoms with Gasteiger partial charge in [-0.3, -0.25) is 0 Å². The highest BCUT2D eigenvalue weighted by atomic mass is 32.1. The standard InChI is InChI=1S/C13H15N3O3S/c17-9(7-19-13-6-15-20-16-13)5-14-11-8-18-12-4-2-1-3-10(11)12/h1-4,6,9,11,14,17H,5,7-8H2. The molecule has 1 aliphatic rings. The van der Waals surface area contributed by atoms with Crippen molar-refractivity contribution in [2.75, 3.05) is 19.8 Å². The molecular weight excluding hydrogens is 278 g/mol. The van der Waals surface area contributed by atoms with Crippen LogP contribution in [-0.4, -0.2) is 39.7 Å². The highest BCUT2D eigenvalue weighted by molar-refractivity contribution is 6.99. The van der Waals surface area contributed by atoms with E-state index in [-0.39, 0.29) is 12.6 Å². The fourth-order valence-electron chi connectivity index (χ4n) is 2.07. The summed E-state index contributed by atoms with van der Waals surface area (Å²) in [6.45, 7) is 1.20. The van der Waals surface area contributed by atoms with Gasteiger partial charge in [0, 0.05) is 12.1 Å². The molecule has 0 amide bonds. The number of aliphatic hydroxyl groups excluding tert-OH is 1. The Hall–Kier alpha value is -1.70. The van der Waals surface area contributed by atoms with Gasteiger partial charge in [-0.15, -0.1) is 4.37 Å². The first kappa shape index (κ1) is 13.3. The smallest absolute Gasteiger partial charge is 0.245 e. The SMILES string of the molecule is OC(CNC1COc2ccccc21)COc1cnsn1. The Balaban J connectivity index is 1.45. The molecule has 1 aromatic carbocycles. The minimum absolute atomic E-state index is 0.113. The van der Waals surface area contributed by atoms with E-state index in [2.05, 4.69) is 14.1 Å². The zero-order chi connectivity index (χ0) is 13.8. The molecule has 2 atom stereocenters. The molecule has 6 nitrogen and oxygen atoms in total. The highest BCUT2D eigenvalue weighted by Crippen LogP contribution is 2.31. The third-order valence-corrected chi connectivity index (χ3v) is 3.53. The summed E-state index contributed by atoms with van der Waals surface area (Å²) in [4.78, 5) is 0. The average Bonchev–Trinajstić information content (AvgIpc) is 3.12. The van der Waals surface area contributed by atoms with Crippen LogP contribution in [0.4, 0.5) is 0 Å². The van der Waals surface area contributed by atoms with Gasteiger partial charge in [0.15, 0.2) is 0 Å². The molecule has 0 aliphatic carbocycles. The molecule has 3 rings (SSSR count). The van der Waals surface area contributed by atoms with Gasteiger partial charge in [0.2, 0.25) is 5.88 Å². The summed E-state index contributed by atoms with van der Waals surface area (Å²) in [5.41, 5.74) is 1.13. The van der Waals surface area contributed by atoms with E-state index in [0.29, 0.717) is 19.0 Å². The summed E-state index contributed by atoms with van der Waals surface area (Å²) in [6, 6.07) is 8.03. The minimum atomic E-state index is -0.607. The van der Waals surface area contributed by atoms with Gasteiger partial charge < -0.3 is 19.9 Å². The maximum atomic E-state index is 9.88. The monoisotopic (exact) mass is 293 g/mol. The van der Waals surface area contributed by atoms with E-state index < -0.39 is 6.10 Å². The Kier molecular flexibility index (Phi) is 4.10. The van der Waals surface area contributed by atoms with Gasteiger partial charge in [-0.2, -0.15) is 4.37 Å². The summed E-state index contributed by atoms with van der Waals surface area (Å²) in [6.07, 6.45) is 0.927. The second-order valence-electron chi connectivity index (χ2n) is 4.52. The molecule has 0 saturated carbocycles. The molecule has 1 aliphatic heterocycles. The lowest BCUT2D eigenvalue weighted by atomic mass is 10.1. The molecule has 1 aromatic heterocycles. The number of nitrogens with zero attached hydrogens (tertiary/aromatic N) is 2. The largest absolute Gasteiger partial charge is 0.491 e. The van der Waals surface area contributed by atoms with Crippen LogP contribution in [0.15, 0.2) is 30.5 Å². The lowest BCUT2D eigenvalue weighted by Crippen LogP contribution is -2.34. The molecule has 2 unspecified atom stereocenters. The van der Waals surface area contributed by atoms with Gasteiger partial charge in [0.25, 0.3) is 0 Å². The fraction of sp³-hybridized carbons (Fsp3) is 0.385. The van der Waals surface area contributed by atoms with Crippen molar-refractivity contribution < 1.29 is 14.6 Å². The maximum Gasteiger partial charge on any atom is 0.245 e. The summed E-state index contributed by atoms with van der Waals surface area (Å²) >= 11 is 1.08. The predicted octanol–water partition coefficient (Wildman–Crippen LogP) is 1.00. The molecule has 2 aromatic rings. The lowest BCUT2D eigenvalue weighted by molar-refractivity contribution is 0.100. The van der Waals surface area contributed by atoms with Crippen LogP contribution >= 0.6 is 11.7 Å². The Labute approximate surface area is 120 Å². The third kappa shape index (κ3) is 3.06. The van der Waals surface area contributed by atoms with Crippen molar-refractivity contribution in [2.24, 2.45) is 0 Å². The predicted molar refractivity (Wildman–Crippen MR) is 74.1 cm³/mol. The topological polar surface area (TPSA) is 76.5 Å². The van der Waals surface area contributed by atoms with Crippen LogP contribution in [0.25, 0.3) is 0 Å². The summed E-state index contributed by atoms with van der Waals surface area (Å²) in [7, 11) is 0. The molecule has 20 heavy (non-hydrogen) atoms. The van der Waals surface area contributed by atoms with Crippen molar-refractivity contribution in [2.45, 2.75) is 12.1 Å². The van der Waals surface area contributed by atoms with E-state index in [1.54, 1.807) is 0 Å². The van der Waals surface area contributed by atoms with Crippen LogP contribution in [0.1, 0.15) is 11.6 Å². The Bertz CT molecular complexity index is 550. The molecule has 0 bridgehead atoms. The van der Waals surface area contributed by atoms with Crippen LogP contribution in [0, 0.1) is 0 Å². The maximum absolute atomic E-state index is 9.88. The van der Waals surface area contributed by atoms with E-state index in [4.69, 9.17) is 9.47 Å². The van der Waals surface area contributed by atoms with Gasteiger partial charge in [-0.1, -0.05) is 18.2 Å². The number of aliphatic hydroxyl groups is 1. The quantitative estimate of drug-likeness (QED) is 0.827. The van der Waals surface area contributed by atoms with Gasteiger partial charge in [-0.25, -0.2) is 0 Å². The van der Waals surface area contributed by atoms with Crippen molar-refractivity contribution in [3.8, 4) is 11.6 Å². The second-order valence-corrected chi connectivity index (χ2v) is 5.08. The van der Waals surface area contributed by atoms with Crippen LogP contribution < -0.4 is 14.8 Å². The molecule has 7 heteroatoms. The number of rotatable bonds is 6. The van der Waals surface area contributed by atoms with Crippen LogP contribution in [0.5, 0.6) is 11.6 Å². The Morgan fingerprint density at radius 3 is 3.25 bits per heavy atom. The Morgan fingerprint density at radius 1 is 1.50 bits per heavy atom. The zero-order valence-corrected chi connectivity index (χ0v) is 11.5. The van der Waals surface area contributed by atoms with Crippen molar-refractivity contribution in [3.63, 3.8) is 0 Å². The number of nitrogens with one attached hydrogen (secondary N) is 1. The molecule has 106 valence electrons. The van der Waals surface area contributed by atoms with Crippen molar-refractivity contribution in [3.05, 3.63) is 36.0 Å². The van der Waals surface area contributed by atoms with Gasteiger partial charge in [0.05, 0.1) is 17.8 Å². The van der Waals surface area contributed by atoms with Crippen LogP contribution in [0.2, 0.25) is 0 Å². The average molecular weight is 293 g/mol. The first-order valence-electron chi connectivity index (χ1n) is 6.36. The van der Waals surface area contributed by atoms with E-state index in [1.807, 2.05) is 24.3 Å². The summed E-state index contributed by atoms with van der Waals surface area (Å²) < 4.78 is 18.6. The minimum Gasteiger partial charge on any atom is -0.491 e. The van der Waals surface area contributed by atoms with Gasteiger partial charge in [0.1, 0.15) is 31.3 Å². The zero-order valence-electron chi connectivity index (χ0n) is 10.7. The van der Waals surface area contributed by atoms with Crippen molar-refractivity contribution in [1.29, 1.82) is 0 Å². The summed E-state index contributed by atoms with van der Waals surface area (Å²) in [5.74, 6) is 1.35. The number of para-hydroxylation sites is 1. The number of ether oxygens (including phenoxy) is 2. The first-order valence-corrected chi connectivity index (χ1v) is 7.09. The number of benzene rings is 1. The highest BCUT2D eigenvalue weighted by Gasteiger charge is 2.23. The third-order valence-electron chi connectivity index (χ3n) is 3.06.